The molecule has 33 heavy (non-hydrogen) atoms. The van der Waals surface area contributed by atoms with Gasteiger partial charge in [-0.3, -0.25) is 14.4 Å². The lowest BCUT2D eigenvalue weighted by Crippen LogP contribution is -2.62. The predicted octanol–water partition coefficient (Wildman–Crippen LogP) is 3.03. The van der Waals surface area contributed by atoms with Crippen LogP contribution in [0.2, 0.25) is 0 Å². The number of carbonyl (C=O) groups is 4. The Kier molecular flexibility index (Phi) is 9.60. The van der Waals surface area contributed by atoms with E-state index in [9.17, 15) is 19.2 Å². The lowest BCUT2D eigenvalue weighted by Gasteiger charge is -2.48. The number of allylic oxidation sites excluding steroid dienone is 2. The number of carbonyl (C=O) groups excluding carboxylic acids is 4. The summed E-state index contributed by atoms with van der Waals surface area (Å²) in [4.78, 5) is 46.7. The molecule has 0 saturated carbocycles. The van der Waals surface area contributed by atoms with Gasteiger partial charge in [0.1, 0.15) is 6.29 Å². The Morgan fingerprint density at radius 2 is 1.64 bits per heavy atom. The number of hydrogen-bond donors (Lipinski definition) is 0. The standard InChI is InChI=1S/C24H36O9/c1-14-8-10-19(11-9-14)24(6,12-7-13-25)33-23-22(32-18(5)28)21(31-17(4)27)20(15(2)29-23)30-16(3)26/h8,13,15,19-23H,7,9-12H2,1-6H3. The first-order valence-corrected chi connectivity index (χ1v) is 11.4. The monoisotopic (exact) mass is 468 g/mol. The summed E-state index contributed by atoms with van der Waals surface area (Å²) in [5.41, 5.74) is 0.541. The van der Waals surface area contributed by atoms with Gasteiger partial charge < -0.3 is 28.5 Å². The van der Waals surface area contributed by atoms with Crippen molar-refractivity contribution in [3.8, 4) is 0 Å². The Balaban J connectivity index is 2.40. The predicted molar refractivity (Wildman–Crippen MR) is 117 cm³/mol. The van der Waals surface area contributed by atoms with E-state index in [1.165, 1.54) is 26.3 Å². The van der Waals surface area contributed by atoms with Crippen molar-refractivity contribution in [1.82, 2.24) is 0 Å². The van der Waals surface area contributed by atoms with Gasteiger partial charge in [-0.1, -0.05) is 11.6 Å². The summed E-state index contributed by atoms with van der Waals surface area (Å²) in [6.45, 7) is 9.35. The quantitative estimate of drug-likeness (QED) is 0.218. The molecule has 0 radical (unpaired) electrons. The van der Waals surface area contributed by atoms with E-state index in [4.69, 9.17) is 23.7 Å². The molecule has 9 heteroatoms. The molecule has 0 aromatic carbocycles. The minimum absolute atomic E-state index is 0.108. The smallest absolute Gasteiger partial charge is 0.303 e. The first kappa shape index (κ1) is 27.0. The third-order valence-corrected chi connectivity index (χ3v) is 6.28. The molecule has 1 aliphatic carbocycles. The molecule has 7 unspecified atom stereocenters. The van der Waals surface area contributed by atoms with E-state index in [2.05, 4.69) is 13.0 Å². The van der Waals surface area contributed by atoms with Gasteiger partial charge in [-0.2, -0.15) is 0 Å². The fraction of sp³-hybridized carbons (Fsp3) is 0.750. The van der Waals surface area contributed by atoms with E-state index in [1.54, 1.807) is 6.92 Å². The van der Waals surface area contributed by atoms with E-state index in [-0.39, 0.29) is 5.92 Å². The Labute approximate surface area is 195 Å². The molecule has 7 atom stereocenters. The van der Waals surface area contributed by atoms with E-state index in [0.29, 0.717) is 12.8 Å². The van der Waals surface area contributed by atoms with Crippen LogP contribution in [-0.2, 0) is 42.9 Å². The van der Waals surface area contributed by atoms with Gasteiger partial charge in [-0.25, -0.2) is 0 Å². The summed E-state index contributed by atoms with van der Waals surface area (Å²) in [6.07, 6.45) is 1.26. The van der Waals surface area contributed by atoms with Crippen LogP contribution in [0.3, 0.4) is 0 Å². The highest BCUT2D eigenvalue weighted by atomic mass is 16.7. The average Bonchev–Trinajstić information content (AvgIpc) is 2.71. The highest BCUT2D eigenvalue weighted by Crippen LogP contribution is 2.40. The maximum absolute atomic E-state index is 11.9. The first-order chi connectivity index (χ1) is 15.5. The summed E-state index contributed by atoms with van der Waals surface area (Å²) in [7, 11) is 0. The van der Waals surface area contributed by atoms with Crippen LogP contribution < -0.4 is 0 Å². The van der Waals surface area contributed by atoms with Crippen molar-refractivity contribution in [2.75, 3.05) is 0 Å². The van der Waals surface area contributed by atoms with Gasteiger partial charge in [0.05, 0.1) is 11.7 Å². The Hall–Kier alpha value is -2.26. The fourth-order valence-corrected chi connectivity index (χ4v) is 4.55. The van der Waals surface area contributed by atoms with Crippen molar-refractivity contribution in [1.29, 1.82) is 0 Å². The molecule has 2 rings (SSSR count). The first-order valence-electron chi connectivity index (χ1n) is 11.4. The molecule has 1 aliphatic heterocycles. The maximum Gasteiger partial charge on any atom is 0.303 e. The summed E-state index contributed by atoms with van der Waals surface area (Å²) in [5.74, 6) is -1.74. The Bertz CT molecular complexity index is 761. The zero-order valence-corrected chi connectivity index (χ0v) is 20.3. The molecule has 9 nitrogen and oxygen atoms in total. The average molecular weight is 469 g/mol. The third kappa shape index (κ3) is 7.37. The minimum Gasteiger partial charge on any atom is -0.456 e. The molecular formula is C24H36O9. The summed E-state index contributed by atoms with van der Waals surface area (Å²) < 4.78 is 28.8. The number of esters is 3. The van der Waals surface area contributed by atoms with E-state index < -0.39 is 54.2 Å². The summed E-state index contributed by atoms with van der Waals surface area (Å²) in [6, 6.07) is 0. The molecule has 1 fully saturated rings. The molecule has 1 heterocycles. The van der Waals surface area contributed by atoms with E-state index in [1.807, 2.05) is 6.92 Å². The van der Waals surface area contributed by atoms with Gasteiger partial charge in [0.2, 0.25) is 0 Å². The fourth-order valence-electron chi connectivity index (χ4n) is 4.55. The van der Waals surface area contributed by atoms with Crippen LogP contribution in [0.4, 0.5) is 0 Å². The second-order valence-electron chi connectivity index (χ2n) is 9.09. The molecule has 0 bridgehead atoms. The van der Waals surface area contributed by atoms with Crippen LogP contribution in [-0.4, -0.2) is 60.5 Å². The van der Waals surface area contributed by atoms with Crippen molar-refractivity contribution in [3.05, 3.63) is 11.6 Å². The van der Waals surface area contributed by atoms with Crippen LogP contribution in [0.1, 0.15) is 73.6 Å². The van der Waals surface area contributed by atoms with Crippen molar-refractivity contribution >= 4 is 24.2 Å². The van der Waals surface area contributed by atoms with Gasteiger partial charge in [0.25, 0.3) is 0 Å². The zero-order chi connectivity index (χ0) is 24.8. The molecule has 0 spiro atoms. The Morgan fingerprint density at radius 1 is 1.06 bits per heavy atom. The maximum atomic E-state index is 11.9. The lowest BCUT2D eigenvalue weighted by molar-refractivity contribution is -0.329. The van der Waals surface area contributed by atoms with Crippen LogP contribution in [0.15, 0.2) is 11.6 Å². The SMILES string of the molecule is CC(=O)OC1C(C)OC(OC(C)(CCC=O)C2CC=C(C)CC2)C(OC(C)=O)C1OC(C)=O. The topological polar surface area (TPSA) is 114 Å². The molecule has 2 aliphatic rings. The minimum atomic E-state index is -1.16. The highest BCUT2D eigenvalue weighted by Gasteiger charge is 2.53. The van der Waals surface area contributed by atoms with Gasteiger partial charge in [0, 0.05) is 27.2 Å². The molecule has 0 amide bonds. The van der Waals surface area contributed by atoms with E-state index >= 15 is 0 Å². The largest absolute Gasteiger partial charge is 0.456 e. The molecule has 0 aromatic rings. The number of hydrogen-bond acceptors (Lipinski definition) is 9. The lowest BCUT2D eigenvalue weighted by atomic mass is 9.76. The summed E-state index contributed by atoms with van der Waals surface area (Å²) >= 11 is 0. The van der Waals surface area contributed by atoms with Crippen molar-refractivity contribution < 1.29 is 42.9 Å². The molecule has 0 aromatic heterocycles. The van der Waals surface area contributed by atoms with Crippen LogP contribution in [0.5, 0.6) is 0 Å². The number of aldehydes is 1. The third-order valence-electron chi connectivity index (χ3n) is 6.28. The van der Waals surface area contributed by atoms with Gasteiger partial charge in [-0.05, 0) is 52.4 Å². The normalized spacial score (nSPS) is 31.5. The highest BCUT2D eigenvalue weighted by molar-refractivity contribution is 5.68. The van der Waals surface area contributed by atoms with Gasteiger partial charge in [0.15, 0.2) is 24.6 Å². The second-order valence-corrected chi connectivity index (χ2v) is 9.09. The van der Waals surface area contributed by atoms with Crippen LogP contribution in [0.25, 0.3) is 0 Å². The van der Waals surface area contributed by atoms with Gasteiger partial charge >= 0.3 is 17.9 Å². The molecule has 1 saturated heterocycles. The van der Waals surface area contributed by atoms with E-state index in [0.717, 1.165) is 25.5 Å². The molecule has 0 N–H and O–H groups in total. The Morgan fingerprint density at radius 3 is 2.15 bits per heavy atom. The second kappa shape index (κ2) is 11.7. The molecule has 186 valence electrons. The van der Waals surface area contributed by atoms with Crippen LogP contribution >= 0.6 is 0 Å². The molecular weight excluding hydrogens is 432 g/mol. The number of rotatable bonds is 9. The van der Waals surface area contributed by atoms with Crippen molar-refractivity contribution in [2.24, 2.45) is 5.92 Å². The summed E-state index contributed by atoms with van der Waals surface area (Å²) in [5, 5.41) is 0. The number of ether oxygens (including phenoxy) is 5. The van der Waals surface area contributed by atoms with Crippen LogP contribution in [0, 0.1) is 5.92 Å². The van der Waals surface area contributed by atoms with Crippen molar-refractivity contribution in [2.45, 2.75) is 110 Å². The zero-order valence-electron chi connectivity index (χ0n) is 20.3. The van der Waals surface area contributed by atoms with Gasteiger partial charge in [-0.15, -0.1) is 0 Å². The van der Waals surface area contributed by atoms with Crippen molar-refractivity contribution in [3.63, 3.8) is 0 Å².